The van der Waals surface area contributed by atoms with Gasteiger partial charge in [-0.05, 0) is 18.9 Å². The molecule has 0 aliphatic carbocycles. The highest BCUT2D eigenvalue weighted by Gasteiger charge is 2.04. The molecule has 100 valence electrons. The van der Waals surface area contributed by atoms with Crippen molar-refractivity contribution in [3.05, 3.63) is 47.1 Å². The van der Waals surface area contributed by atoms with Gasteiger partial charge in [-0.15, -0.1) is 0 Å². The second kappa shape index (κ2) is 6.95. The molecule has 0 spiro atoms. The molecule has 0 saturated heterocycles. The first-order chi connectivity index (χ1) is 9.29. The molecule has 0 amide bonds. The van der Waals surface area contributed by atoms with Gasteiger partial charge in [-0.1, -0.05) is 41.9 Å². The molecule has 2 rings (SSSR count). The van der Waals surface area contributed by atoms with Crippen molar-refractivity contribution in [1.82, 2.24) is 9.97 Å². The molecule has 2 aromatic rings. The first-order valence-corrected chi connectivity index (χ1v) is 6.71. The Bertz CT molecular complexity index is 516. The highest BCUT2D eigenvalue weighted by atomic mass is 35.5. The van der Waals surface area contributed by atoms with Gasteiger partial charge in [-0.2, -0.15) is 4.98 Å². The maximum Gasteiger partial charge on any atom is 0.224 e. The zero-order valence-corrected chi connectivity index (χ0v) is 11.6. The van der Waals surface area contributed by atoms with E-state index in [1.807, 2.05) is 25.1 Å². The zero-order valence-electron chi connectivity index (χ0n) is 10.9. The summed E-state index contributed by atoms with van der Waals surface area (Å²) in [5, 5.41) is 6.84. The Morgan fingerprint density at radius 1 is 1.16 bits per heavy atom. The summed E-state index contributed by atoms with van der Waals surface area (Å²) < 4.78 is 0. The molecule has 2 N–H and O–H groups in total. The fourth-order valence-corrected chi connectivity index (χ4v) is 1.86. The topological polar surface area (TPSA) is 49.8 Å². The van der Waals surface area contributed by atoms with Crippen LogP contribution >= 0.6 is 11.6 Å². The Morgan fingerprint density at radius 2 is 1.95 bits per heavy atom. The fourth-order valence-electron chi connectivity index (χ4n) is 1.70. The molecule has 1 aromatic carbocycles. The van der Waals surface area contributed by atoms with Crippen molar-refractivity contribution >= 4 is 23.4 Å². The number of hydrogen-bond donors (Lipinski definition) is 2. The van der Waals surface area contributed by atoms with Crippen LogP contribution in [0.3, 0.4) is 0 Å². The van der Waals surface area contributed by atoms with Crippen molar-refractivity contribution in [3.8, 4) is 0 Å². The molecule has 0 saturated carbocycles. The Balaban J connectivity index is 1.93. The van der Waals surface area contributed by atoms with Gasteiger partial charge in [0.15, 0.2) is 0 Å². The van der Waals surface area contributed by atoms with E-state index in [0.717, 1.165) is 19.5 Å². The van der Waals surface area contributed by atoms with Crippen LogP contribution in [0, 0.1) is 0 Å². The number of aromatic nitrogens is 2. The zero-order chi connectivity index (χ0) is 13.5. The summed E-state index contributed by atoms with van der Waals surface area (Å²) >= 11 is 6.06. The summed E-state index contributed by atoms with van der Waals surface area (Å²) in [5.41, 5.74) is 1.28. The first-order valence-electron chi connectivity index (χ1n) is 6.34. The molecule has 0 unspecified atom stereocenters. The van der Waals surface area contributed by atoms with Crippen molar-refractivity contribution in [3.63, 3.8) is 0 Å². The highest BCUT2D eigenvalue weighted by molar-refractivity contribution is 6.32. The van der Waals surface area contributed by atoms with Gasteiger partial charge in [0.1, 0.15) is 10.8 Å². The normalized spacial score (nSPS) is 10.2. The van der Waals surface area contributed by atoms with Gasteiger partial charge in [0, 0.05) is 13.1 Å². The van der Waals surface area contributed by atoms with E-state index in [-0.39, 0.29) is 0 Å². The van der Waals surface area contributed by atoms with Crippen molar-refractivity contribution in [2.45, 2.75) is 13.3 Å². The van der Waals surface area contributed by atoms with E-state index >= 15 is 0 Å². The average Bonchev–Trinajstić information content (AvgIpc) is 2.44. The first kappa shape index (κ1) is 13.6. The van der Waals surface area contributed by atoms with Gasteiger partial charge in [-0.3, -0.25) is 0 Å². The number of halogens is 1. The lowest BCUT2D eigenvalue weighted by molar-refractivity contribution is 0.995. The molecule has 0 atom stereocenters. The highest BCUT2D eigenvalue weighted by Crippen LogP contribution is 2.19. The predicted octanol–water partition coefficient (Wildman–Crippen LogP) is 3.22. The lowest BCUT2D eigenvalue weighted by Gasteiger charge is -2.09. The second-order valence-electron chi connectivity index (χ2n) is 4.08. The Morgan fingerprint density at radius 3 is 2.68 bits per heavy atom. The summed E-state index contributed by atoms with van der Waals surface area (Å²) in [7, 11) is 0. The van der Waals surface area contributed by atoms with Crippen LogP contribution in [0.1, 0.15) is 12.5 Å². The summed E-state index contributed by atoms with van der Waals surface area (Å²) in [4.78, 5) is 8.43. The minimum Gasteiger partial charge on any atom is -0.368 e. The number of nitrogens with one attached hydrogen (secondary N) is 2. The molecular formula is C14H17ClN4. The third-order valence-electron chi connectivity index (χ3n) is 2.63. The van der Waals surface area contributed by atoms with Gasteiger partial charge in [-0.25, -0.2) is 4.98 Å². The summed E-state index contributed by atoms with van der Waals surface area (Å²) in [6, 6.07) is 10.3. The van der Waals surface area contributed by atoms with Crippen LogP contribution in [0.25, 0.3) is 0 Å². The molecule has 0 radical (unpaired) electrons. The molecule has 4 nitrogen and oxygen atoms in total. The van der Waals surface area contributed by atoms with Crippen LogP contribution in [0.15, 0.2) is 36.5 Å². The lowest BCUT2D eigenvalue weighted by Crippen LogP contribution is -2.09. The third-order valence-corrected chi connectivity index (χ3v) is 2.90. The Labute approximate surface area is 118 Å². The molecule has 5 heteroatoms. The van der Waals surface area contributed by atoms with Crippen LogP contribution in [0.2, 0.25) is 5.02 Å². The average molecular weight is 277 g/mol. The summed E-state index contributed by atoms with van der Waals surface area (Å²) in [6.45, 7) is 3.57. The number of benzene rings is 1. The van der Waals surface area contributed by atoms with E-state index in [1.54, 1.807) is 6.20 Å². The van der Waals surface area contributed by atoms with E-state index in [2.05, 4.69) is 32.7 Å². The SMILES string of the molecule is CCNc1ncc(Cl)c(NCCc2ccccc2)n1. The van der Waals surface area contributed by atoms with Crippen molar-refractivity contribution < 1.29 is 0 Å². The molecule has 0 aliphatic heterocycles. The van der Waals surface area contributed by atoms with E-state index in [1.165, 1.54) is 5.56 Å². The predicted molar refractivity (Wildman–Crippen MR) is 79.8 cm³/mol. The third kappa shape index (κ3) is 4.10. The standard InChI is InChI=1S/C14H17ClN4/c1-2-16-14-18-10-12(15)13(19-14)17-9-8-11-6-4-3-5-7-11/h3-7,10H,2,8-9H2,1H3,(H2,16,17,18,19). The van der Waals surface area contributed by atoms with Crippen LogP contribution in [0.4, 0.5) is 11.8 Å². The molecule has 1 aromatic heterocycles. The minimum atomic E-state index is 0.537. The van der Waals surface area contributed by atoms with E-state index in [9.17, 15) is 0 Å². The molecule has 0 bridgehead atoms. The van der Waals surface area contributed by atoms with Gasteiger partial charge in [0.05, 0.1) is 6.20 Å². The van der Waals surface area contributed by atoms with Crippen LogP contribution in [-0.2, 0) is 6.42 Å². The molecule has 0 fully saturated rings. The minimum absolute atomic E-state index is 0.537. The smallest absolute Gasteiger partial charge is 0.224 e. The maximum absolute atomic E-state index is 6.06. The van der Waals surface area contributed by atoms with Crippen molar-refractivity contribution in [2.75, 3.05) is 23.7 Å². The Hall–Kier alpha value is -1.81. The maximum atomic E-state index is 6.06. The molecule has 1 heterocycles. The monoisotopic (exact) mass is 276 g/mol. The van der Waals surface area contributed by atoms with Crippen LogP contribution < -0.4 is 10.6 Å². The van der Waals surface area contributed by atoms with Gasteiger partial charge in [0.2, 0.25) is 5.95 Å². The van der Waals surface area contributed by atoms with E-state index in [4.69, 9.17) is 11.6 Å². The second-order valence-corrected chi connectivity index (χ2v) is 4.49. The van der Waals surface area contributed by atoms with Gasteiger partial charge < -0.3 is 10.6 Å². The van der Waals surface area contributed by atoms with Crippen LogP contribution in [-0.4, -0.2) is 23.1 Å². The number of hydrogen-bond acceptors (Lipinski definition) is 4. The number of rotatable bonds is 6. The summed E-state index contributed by atoms with van der Waals surface area (Å²) in [5.74, 6) is 1.26. The van der Waals surface area contributed by atoms with Gasteiger partial charge >= 0.3 is 0 Å². The lowest BCUT2D eigenvalue weighted by atomic mass is 10.1. The number of nitrogens with zero attached hydrogens (tertiary/aromatic N) is 2. The molecular weight excluding hydrogens is 260 g/mol. The van der Waals surface area contributed by atoms with E-state index in [0.29, 0.717) is 16.8 Å². The van der Waals surface area contributed by atoms with Crippen LogP contribution in [0.5, 0.6) is 0 Å². The van der Waals surface area contributed by atoms with Crippen molar-refractivity contribution in [1.29, 1.82) is 0 Å². The fraction of sp³-hybridized carbons (Fsp3) is 0.286. The molecule has 0 aliphatic rings. The summed E-state index contributed by atoms with van der Waals surface area (Å²) in [6.07, 6.45) is 2.54. The van der Waals surface area contributed by atoms with Gasteiger partial charge in [0.25, 0.3) is 0 Å². The number of anilines is 2. The van der Waals surface area contributed by atoms with E-state index < -0.39 is 0 Å². The quantitative estimate of drug-likeness (QED) is 0.851. The van der Waals surface area contributed by atoms with Crippen molar-refractivity contribution in [2.24, 2.45) is 0 Å². The molecule has 19 heavy (non-hydrogen) atoms. The Kier molecular flexibility index (Phi) is 4.98. The largest absolute Gasteiger partial charge is 0.368 e.